The molecule has 1 aromatic heterocycles. The van der Waals surface area contributed by atoms with Crippen molar-refractivity contribution in [2.45, 2.75) is 45.5 Å². The Balaban J connectivity index is 1.70. The number of halogens is 1. The van der Waals surface area contributed by atoms with Crippen LogP contribution in [0.1, 0.15) is 44.9 Å². The van der Waals surface area contributed by atoms with Crippen LogP contribution in [0.25, 0.3) is 28.2 Å². The summed E-state index contributed by atoms with van der Waals surface area (Å²) >= 11 is 3.49. The number of hydrogen-bond acceptors (Lipinski definition) is 5. The summed E-state index contributed by atoms with van der Waals surface area (Å²) in [5.41, 5.74) is 2.67. The van der Waals surface area contributed by atoms with Gasteiger partial charge in [0.15, 0.2) is 5.58 Å². The van der Waals surface area contributed by atoms with Crippen LogP contribution in [-0.4, -0.2) is 11.7 Å². The van der Waals surface area contributed by atoms with E-state index in [1.807, 2.05) is 81.4 Å². The summed E-state index contributed by atoms with van der Waals surface area (Å²) in [6, 6.07) is 19.1. The molecule has 4 aromatic rings. The lowest BCUT2D eigenvalue weighted by Crippen LogP contribution is -2.36. The SMILES string of the molecule is C[C@@H]1[C@H](Oc2ccc(Br)cc2)c2c(c3c(c4c(-c5ccccc5)cc(=O)oc24)OC(C)(C)C=C3)O[C@@H]1C. The van der Waals surface area contributed by atoms with Gasteiger partial charge in [0.2, 0.25) is 0 Å². The topological polar surface area (TPSA) is 57.9 Å². The molecule has 6 heteroatoms. The van der Waals surface area contributed by atoms with Crippen LogP contribution in [0, 0.1) is 5.92 Å². The van der Waals surface area contributed by atoms with Gasteiger partial charge >= 0.3 is 5.63 Å². The van der Waals surface area contributed by atoms with Crippen LogP contribution >= 0.6 is 15.9 Å². The highest BCUT2D eigenvalue weighted by atomic mass is 79.9. The third-order valence-electron chi connectivity index (χ3n) is 7.15. The van der Waals surface area contributed by atoms with Crippen molar-refractivity contribution in [2.75, 3.05) is 0 Å². The standard InChI is InChI=1S/C31H27BrO5/c1-17-18(2)34-28-22-14-15-31(3,4)37-29(22)25-23(19-8-6-5-7-9-19)16-24(33)36-30(25)26(28)27(17)35-21-12-10-20(32)11-13-21/h5-18,27H,1-4H3/t17-,18+,27-/m0/s1. The molecule has 0 unspecified atom stereocenters. The number of rotatable bonds is 3. The molecule has 0 amide bonds. The zero-order valence-electron chi connectivity index (χ0n) is 21.1. The van der Waals surface area contributed by atoms with E-state index in [2.05, 4.69) is 28.9 Å². The van der Waals surface area contributed by atoms with Gasteiger partial charge in [0.1, 0.15) is 35.1 Å². The first-order chi connectivity index (χ1) is 17.7. The van der Waals surface area contributed by atoms with E-state index < -0.39 is 17.3 Å². The Labute approximate surface area is 223 Å². The molecular weight excluding hydrogens is 532 g/mol. The quantitative estimate of drug-likeness (QED) is 0.239. The molecule has 6 rings (SSSR count). The van der Waals surface area contributed by atoms with E-state index >= 15 is 0 Å². The molecule has 0 N–H and O–H groups in total. The smallest absolute Gasteiger partial charge is 0.336 e. The minimum absolute atomic E-state index is 0.0204. The van der Waals surface area contributed by atoms with Gasteiger partial charge in [-0.2, -0.15) is 0 Å². The molecule has 2 aliphatic heterocycles. The predicted octanol–water partition coefficient (Wildman–Crippen LogP) is 7.94. The third-order valence-corrected chi connectivity index (χ3v) is 7.68. The minimum Gasteiger partial charge on any atom is -0.489 e. The van der Waals surface area contributed by atoms with E-state index in [1.165, 1.54) is 0 Å². The van der Waals surface area contributed by atoms with Gasteiger partial charge in [0, 0.05) is 22.0 Å². The first-order valence-corrected chi connectivity index (χ1v) is 13.2. The third kappa shape index (κ3) is 4.13. The second-order valence-corrected chi connectivity index (χ2v) is 11.2. The average molecular weight is 559 g/mol. The second-order valence-electron chi connectivity index (χ2n) is 10.2. The lowest BCUT2D eigenvalue weighted by Gasteiger charge is -2.39. The minimum atomic E-state index is -0.542. The van der Waals surface area contributed by atoms with Crippen molar-refractivity contribution in [1.29, 1.82) is 0 Å². The van der Waals surface area contributed by atoms with Crippen LogP contribution in [0.15, 0.2) is 80.4 Å². The van der Waals surface area contributed by atoms with Crippen LogP contribution in [0.3, 0.4) is 0 Å². The van der Waals surface area contributed by atoms with Crippen molar-refractivity contribution in [3.8, 4) is 28.4 Å². The molecule has 0 fully saturated rings. The van der Waals surface area contributed by atoms with E-state index in [4.69, 9.17) is 18.6 Å². The molecule has 0 radical (unpaired) electrons. The molecule has 3 atom stereocenters. The maximum Gasteiger partial charge on any atom is 0.336 e. The van der Waals surface area contributed by atoms with E-state index in [-0.39, 0.29) is 12.0 Å². The van der Waals surface area contributed by atoms with Gasteiger partial charge in [-0.05, 0) is 62.8 Å². The zero-order valence-corrected chi connectivity index (χ0v) is 22.7. The Hall–Kier alpha value is -3.51. The van der Waals surface area contributed by atoms with Gasteiger partial charge in [-0.25, -0.2) is 4.79 Å². The summed E-state index contributed by atoms with van der Waals surface area (Å²) < 4.78 is 26.7. The van der Waals surface area contributed by atoms with Gasteiger partial charge in [-0.15, -0.1) is 0 Å². The Kier molecular flexibility index (Phi) is 5.68. The van der Waals surface area contributed by atoms with Gasteiger partial charge in [0.05, 0.1) is 16.5 Å². The Morgan fingerprint density at radius 3 is 2.43 bits per heavy atom. The normalized spacial score (nSPS) is 21.5. The lowest BCUT2D eigenvalue weighted by molar-refractivity contribution is 0.0322. The first-order valence-electron chi connectivity index (χ1n) is 12.4. The van der Waals surface area contributed by atoms with Crippen molar-refractivity contribution in [3.05, 3.63) is 92.8 Å². The highest BCUT2D eigenvalue weighted by molar-refractivity contribution is 9.10. The van der Waals surface area contributed by atoms with E-state index in [0.29, 0.717) is 17.1 Å². The van der Waals surface area contributed by atoms with Crippen LogP contribution in [0.4, 0.5) is 0 Å². The Bertz CT molecular complexity index is 1580. The first kappa shape index (κ1) is 23.9. The highest BCUT2D eigenvalue weighted by Crippen LogP contribution is 2.54. The fourth-order valence-electron chi connectivity index (χ4n) is 5.09. The molecule has 0 bridgehead atoms. The number of fused-ring (bicyclic) bond motifs is 6. The van der Waals surface area contributed by atoms with Gasteiger partial charge in [-0.1, -0.05) is 53.2 Å². The van der Waals surface area contributed by atoms with E-state index in [1.54, 1.807) is 6.07 Å². The fraction of sp³-hybridized carbons (Fsp3) is 0.258. The van der Waals surface area contributed by atoms with Crippen LogP contribution in [0.5, 0.6) is 17.2 Å². The lowest BCUT2D eigenvalue weighted by atomic mass is 9.84. The molecule has 37 heavy (non-hydrogen) atoms. The van der Waals surface area contributed by atoms with Crippen molar-refractivity contribution in [1.82, 2.24) is 0 Å². The summed E-state index contributed by atoms with van der Waals surface area (Å²) in [4.78, 5) is 13.0. The highest BCUT2D eigenvalue weighted by Gasteiger charge is 2.42. The van der Waals surface area contributed by atoms with Crippen LogP contribution in [-0.2, 0) is 0 Å². The zero-order chi connectivity index (χ0) is 25.9. The fourth-order valence-corrected chi connectivity index (χ4v) is 5.36. The number of benzene rings is 3. The molecule has 188 valence electrons. The predicted molar refractivity (Wildman–Crippen MR) is 148 cm³/mol. The molecule has 0 aliphatic carbocycles. The largest absolute Gasteiger partial charge is 0.489 e. The Morgan fingerprint density at radius 2 is 1.70 bits per heavy atom. The van der Waals surface area contributed by atoms with Crippen molar-refractivity contribution in [3.63, 3.8) is 0 Å². The maximum atomic E-state index is 13.0. The summed E-state index contributed by atoms with van der Waals surface area (Å²) in [5.74, 6) is 1.98. The van der Waals surface area contributed by atoms with Crippen LogP contribution in [0.2, 0.25) is 0 Å². The van der Waals surface area contributed by atoms with Crippen LogP contribution < -0.4 is 19.8 Å². The molecular formula is C31H27BrO5. The molecule has 3 heterocycles. The summed E-state index contributed by atoms with van der Waals surface area (Å²) in [6.45, 7) is 8.14. The molecule has 3 aromatic carbocycles. The molecule has 2 aliphatic rings. The maximum absolute atomic E-state index is 13.0. The van der Waals surface area contributed by atoms with Crippen molar-refractivity contribution in [2.24, 2.45) is 5.92 Å². The number of hydrogen-bond donors (Lipinski definition) is 0. The van der Waals surface area contributed by atoms with Crippen molar-refractivity contribution >= 4 is 33.0 Å². The van der Waals surface area contributed by atoms with Gasteiger partial charge in [-0.3, -0.25) is 0 Å². The van der Waals surface area contributed by atoms with Gasteiger partial charge in [0.25, 0.3) is 0 Å². The van der Waals surface area contributed by atoms with E-state index in [9.17, 15) is 4.79 Å². The van der Waals surface area contributed by atoms with Crippen molar-refractivity contribution < 1.29 is 18.6 Å². The van der Waals surface area contributed by atoms with E-state index in [0.717, 1.165) is 37.9 Å². The molecule has 0 spiro atoms. The summed E-state index contributed by atoms with van der Waals surface area (Å²) in [5, 5.41) is 0.742. The molecule has 0 saturated carbocycles. The number of ether oxygens (including phenoxy) is 3. The second kappa shape index (κ2) is 8.80. The molecule has 0 saturated heterocycles. The monoisotopic (exact) mass is 558 g/mol. The van der Waals surface area contributed by atoms with Gasteiger partial charge < -0.3 is 18.6 Å². The molecule has 5 nitrogen and oxygen atoms in total. The average Bonchev–Trinajstić information content (AvgIpc) is 2.87. The summed E-state index contributed by atoms with van der Waals surface area (Å²) in [6.07, 6.45) is 3.53. The Morgan fingerprint density at radius 1 is 0.973 bits per heavy atom. The summed E-state index contributed by atoms with van der Waals surface area (Å²) in [7, 11) is 0.